The third-order valence-electron chi connectivity index (χ3n) is 6.11. The van der Waals surface area contributed by atoms with E-state index in [0.717, 1.165) is 19.3 Å². The molecule has 2 saturated heterocycles. The van der Waals surface area contributed by atoms with Gasteiger partial charge in [0.05, 0.1) is 30.4 Å². The van der Waals surface area contributed by atoms with Crippen LogP contribution in [0.5, 0.6) is 0 Å². The Balaban J connectivity index is 2.02. The molecule has 1 aromatic heterocycles. The van der Waals surface area contributed by atoms with E-state index < -0.39 is 28.4 Å². The smallest absolute Gasteiger partial charge is 0.248 e. The number of carbonyl (C=O) groups is 1. The van der Waals surface area contributed by atoms with E-state index in [4.69, 9.17) is 4.42 Å². The Morgan fingerprint density at radius 2 is 2.04 bits per heavy atom. The number of hydrogen-bond acceptors (Lipinski definition) is 5. The Bertz CT molecular complexity index is 813. The topological polar surface area (TPSA) is 130 Å². The van der Waals surface area contributed by atoms with Gasteiger partial charge >= 0.3 is 0 Å². The molecule has 1 aliphatic carbocycles. The number of quaternary nitrogens is 1. The lowest BCUT2D eigenvalue weighted by molar-refractivity contribution is -0.795. The van der Waals surface area contributed by atoms with Crippen LogP contribution in [0.1, 0.15) is 37.5 Å². The van der Waals surface area contributed by atoms with Crippen LogP contribution in [-0.2, 0) is 4.79 Å². The average Bonchev–Trinajstić information content (AvgIpc) is 3.19. The Kier molecular flexibility index (Phi) is 2.83. The van der Waals surface area contributed by atoms with E-state index in [0.29, 0.717) is 12.2 Å². The van der Waals surface area contributed by atoms with Crippen molar-refractivity contribution in [3.63, 3.8) is 0 Å². The van der Waals surface area contributed by atoms with Crippen molar-refractivity contribution < 1.29 is 14.5 Å². The van der Waals surface area contributed by atoms with Crippen LogP contribution in [-0.4, -0.2) is 11.6 Å². The molecule has 3 fully saturated rings. The molecule has 1 amide bonds. The summed E-state index contributed by atoms with van der Waals surface area (Å²) < 4.78 is 5.48. The molecule has 1 aromatic rings. The third kappa shape index (κ3) is 1.36. The number of nitrogens with two attached hydrogens (primary N) is 1. The minimum atomic E-state index is -1.80. The predicted molar refractivity (Wildman–Crippen MR) is 77.9 cm³/mol. The minimum absolute atomic E-state index is 0.359. The van der Waals surface area contributed by atoms with E-state index in [2.05, 4.69) is 11.4 Å². The van der Waals surface area contributed by atoms with E-state index in [1.54, 1.807) is 12.1 Å². The van der Waals surface area contributed by atoms with Crippen molar-refractivity contribution in [2.24, 2.45) is 16.7 Å². The number of nitriles is 3. The molecule has 3 heterocycles. The number of nitrogens with one attached hydrogen (secondary N) is 1. The van der Waals surface area contributed by atoms with Gasteiger partial charge in [-0.15, -0.1) is 0 Å². The van der Waals surface area contributed by atoms with Crippen molar-refractivity contribution >= 4 is 5.91 Å². The van der Waals surface area contributed by atoms with Gasteiger partial charge < -0.3 is 15.1 Å². The fourth-order valence-electron chi connectivity index (χ4n) is 5.10. The Morgan fingerprint density at radius 1 is 1.25 bits per heavy atom. The first-order valence-corrected chi connectivity index (χ1v) is 8.06. The zero-order valence-corrected chi connectivity index (χ0v) is 13.0. The molecule has 3 N–H and O–H groups in total. The van der Waals surface area contributed by atoms with Crippen molar-refractivity contribution in [3.8, 4) is 18.2 Å². The van der Waals surface area contributed by atoms with E-state index in [1.165, 1.54) is 6.26 Å². The standard InChI is InChI=1S/C17H15N5O2/c18-8-15(9-19)13(11-4-3-7-24-11)21-17-6-2-1-5-12(17)16(15,10-20)14(23)22-17/h3-4,7,12-13,21H,1-2,5-6H2,(H,22,23)/p+1. The summed E-state index contributed by atoms with van der Waals surface area (Å²) in [4.78, 5) is 12.9. The lowest BCUT2D eigenvalue weighted by atomic mass is 9.50. The van der Waals surface area contributed by atoms with Gasteiger partial charge in [-0.2, -0.15) is 15.8 Å². The van der Waals surface area contributed by atoms with Gasteiger partial charge in [0.1, 0.15) is 0 Å². The van der Waals surface area contributed by atoms with Gasteiger partial charge in [0.25, 0.3) is 0 Å². The molecular formula is C17H16N5O2+. The zero-order chi connectivity index (χ0) is 17.0. The van der Waals surface area contributed by atoms with Gasteiger partial charge in [0.2, 0.25) is 11.3 Å². The summed E-state index contributed by atoms with van der Waals surface area (Å²) in [6.45, 7) is 0. The molecule has 7 nitrogen and oxygen atoms in total. The summed E-state index contributed by atoms with van der Waals surface area (Å²) in [6, 6.07) is 8.87. The molecule has 4 rings (SSSR count). The molecule has 7 heteroatoms. The van der Waals surface area contributed by atoms with E-state index >= 15 is 0 Å². The predicted octanol–water partition coefficient (Wildman–Crippen LogP) is 0.458. The molecule has 4 unspecified atom stereocenters. The molecular weight excluding hydrogens is 306 g/mol. The van der Waals surface area contributed by atoms with Gasteiger partial charge in [-0.05, 0) is 25.0 Å². The van der Waals surface area contributed by atoms with Crippen LogP contribution in [0.2, 0.25) is 0 Å². The maximum absolute atomic E-state index is 12.9. The Hall–Kier alpha value is -2.82. The second-order valence-electron chi connectivity index (χ2n) is 6.90. The number of furan rings is 1. The third-order valence-corrected chi connectivity index (χ3v) is 6.11. The quantitative estimate of drug-likeness (QED) is 0.775. The van der Waals surface area contributed by atoms with Gasteiger partial charge in [-0.1, -0.05) is 6.42 Å². The molecule has 1 saturated carbocycles. The van der Waals surface area contributed by atoms with Crippen LogP contribution in [0.3, 0.4) is 0 Å². The lowest BCUT2D eigenvalue weighted by Gasteiger charge is -2.50. The molecule has 2 bridgehead atoms. The molecule has 4 atom stereocenters. The minimum Gasteiger partial charge on any atom is -0.463 e. The first kappa shape index (κ1) is 14.8. The van der Waals surface area contributed by atoms with E-state index in [9.17, 15) is 20.6 Å². The van der Waals surface area contributed by atoms with Crippen LogP contribution in [0, 0.1) is 50.7 Å². The Morgan fingerprint density at radius 3 is 2.67 bits per heavy atom. The zero-order valence-electron chi connectivity index (χ0n) is 13.0. The van der Waals surface area contributed by atoms with Crippen LogP contribution in [0.25, 0.3) is 0 Å². The summed E-state index contributed by atoms with van der Waals surface area (Å²) in [6.07, 6.45) is 4.67. The monoisotopic (exact) mass is 322 g/mol. The first-order valence-electron chi connectivity index (χ1n) is 8.06. The number of rotatable bonds is 1. The van der Waals surface area contributed by atoms with Crippen molar-refractivity contribution in [3.05, 3.63) is 24.2 Å². The highest BCUT2D eigenvalue weighted by molar-refractivity contribution is 5.92. The normalized spacial score (nSPS) is 39.0. The van der Waals surface area contributed by atoms with Crippen LogP contribution < -0.4 is 10.6 Å². The number of carbonyl (C=O) groups excluding carboxylic acids is 1. The van der Waals surface area contributed by atoms with Crippen LogP contribution in [0.4, 0.5) is 0 Å². The summed E-state index contributed by atoms with van der Waals surface area (Å²) in [5.41, 5.74) is -4.12. The highest BCUT2D eigenvalue weighted by Gasteiger charge is 2.82. The van der Waals surface area contributed by atoms with Crippen LogP contribution in [0.15, 0.2) is 22.8 Å². The molecule has 0 radical (unpaired) electrons. The Labute approximate surface area is 138 Å². The summed E-state index contributed by atoms with van der Waals surface area (Å²) in [7, 11) is 0. The fourth-order valence-corrected chi connectivity index (χ4v) is 5.10. The van der Waals surface area contributed by atoms with E-state index in [-0.39, 0.29) is 5.92 Å². The van der Waals surface area contributed by atoms with Gasteiger partial charge in [-0.25, -0.2) is 0 Å². The second kappa shape index (κ2) is 4.60. The number of amides is 1. The van der Waals surface area contributed by atoms with Gasteiger partial charge in [0, 0.05) is 6.42 Å². The maximum Gasteiger partial charge on any atom is 0.248 e. The number of nitrogens with zero attached hydrogens (tertiary/aromatic N) is 3. The molecule has 2 aliphatic heterocycles. The van der Waals surface area contributed by atoms with Crippen molar-refractivity contribution in [2.45, 2.75) is 37.4 Å². The summed E-state index contributed by atoms with van der Waals surface area (Å²) >= 11 is 0. The van der Waals surface area contributed by atoms with Gasteiger partial charge in [0.15, 0.2) is 22.9 Å². The van der Waals surface area contributed by atoms with Crippen molar-refractivity contribution in [2.75, 3.05) is 0 Å². The van der Waals surface area contributed by atoms with E-state index in [1.807, 2.05) is 17.5 Å². The van der Waals surface area contributed by atoms with Crippen molar-refractivity contribution in [1.29, 1.82) is 15.8 Å². The highest BCUT2D eigenvalue weighted by atomic mass is 16.3. The average molecular weight is 322 g/mol. The highest BCUT2D eigenvalue weighted by Crippen LogP contribution is 2.61. The maximum atomic E-state index is 12.9. The number of hydrogen-bond donors (Lipinski definition) is 2. The lowest BCUT2D eigenvalue weighted by Crippen LogP contribution is -3.05. The fraction of sp³-hybridized carbons (Fsp3) is 0.529. The first-order chi connectivity index (χ1) is 11.6. The molecule has 24 heavy (non-hydrogen) atoms. The van der Waals surface area contributed by atoms with Crippen LogP contribution >= 0.6 is 0 Å². The second-order valence-corrected chi connectivity index (χ2v) is 6.90. The molecule has 3 aliphatic rings. The van der Waals surface area contributed by atoms with Gasteiger partial charge in [-0.3, -0.25) is 4.79 Å². The molecule has 120 valence electrons. The van der Waals surface area contributed by atoms with Crippen molar-refractivity contribution in [1.82, 2.24) is 5.32 Å². The SMILES string of the molecule is N#CC1(C#N)C(c2ccco2)[NH2+]C23CCCCC2C1(C#N)C(=O)N3. The summed E-state index contributed by atoms with van der Waals surface area (Å²) in [5, 5.41) is 34.8. The largest absolute Gasteiger partial charge is 0.463 e. The molecule has 0 aromatic carbocycles. The number of piperidine rings is 1. The molecule has 0 spiro atoms. The summed E-state index contributed by atoms with van der Waals surface area (Å²) in [5.74, 6) is -0.412.